The van der Waals surface area contributed by atoms with Gasteiger partial charge in [0.05, 0.1) is 11.2 Å². The van der Waals surface area contributed by atoms with Crippen LogP contribution in [-0.4, -0.2) is 25.2 Å². The van der Waals surface area contributed by atoms with Gasteiger partial charge in [0.25, 0.3) is 0 Å². The normalized spacial score (nSPS) is 17.4. The number of sulfonamides is 1. The van der Waals surface area contributed by atoms with Crippen LogP contribution in [0.1, 0.15) is 54.6 Å². The van der Waals surface area contributed by atoms with Gasteiger partial charge in [0.1, 0.15) is 5.76 Å². The number of carbonyl (C=O) groups excluding carboxylic acids is 1. The molecule has 1 aliphatic carbocycles. The molecule has 0 aliphatic heterocycles. The highest BCUT2D eigenvalue weighted by Gasteiger charge is 2.34. The van der Waals surface area contributed by atoms with Crippen molar-refractivity contribution in [1.82, 2.24) is 9.71 Å². The van der Waals surface area contributed by atoms with E-state index in [1.807, 2.05) is 19.1 Å². The van der Waals surface area contributed by atoms with Crippen LogP contribution in [0.2, 0.25) is 0 Å². The largest absolute Gasteiger partial charge is 0.469 e. The third kappa shape index (κ3) is 3.76. The standard InChI is InChI=1S/C22H26N2O4S/c1-13-8-16-17(23-18-11-22(3,4)12-19(25)21(16)18)10-20(13)29(26,27)24-14(2)9-15-6-5-7-28-15/h5-8,10,14,23-24H,9,11-12H2,1-4H3. The van der Waals surface area contributed by atoms with E-state index in [4.69, 9.17) is 4.42 Å². The summed E-state index contributed by atoms with van der Waals surface area (Å²) in [4.78, 5) is 16.2. The third-order valence-electron chi connectivity index (χ3n) is 5.48. The van der Waals surface area contributed by atoms with E-state index in [1.54, 1.807) is 25.3 Å². The lowest BCUT2D eigenvalue weighted by Crippen LogP contribution is -2.34. The van der Waals surface area contributed by atoms with E-state index in [9.17, 15) is 13.2 Å². The van der Waals surface area contributed by atoms with E-state index in [-0.39, 0.29) is 22.1 Å². The number of hydrogen-bond donors (Lipinski definition) is 2. The summed E-state index contributed by atoms with van der Waals surface area (Å²) < 4.78 is 34.1. The quantitative estimate of drug-likeness (QED) is 0.656. The lowest BCUT2D eigenvalue weighted by Gasteiger charge is -2.28. The van der Waals surface area contributed by atoms with Crippen LogP contribution < -0.4 is 4.72 Å². The van der Waals surface area contributed by atoms with Crippen LogP contribution in [0.3, 0.4) is 0 Å². The van der Waals surface area contributed by atoms with Crippen molar-refractivity contribution in [3.63, 3.8) is 0 Å². The average Bonchev–Trinajstić information content (AvgIpc) is 3.19. The van der Waals surface area contributed by atoms with Gasteiger partial charge in [-0.2, -0.15) is 0 Å². The summed E-state index contributed by atoms with van der Waals surface area (Å²) in [6.45, 7) is 7.72. The number of H-pyrrole nitrogens is 1. The number of benzene rings is 1. The van der Waals surface area contributed by atoms with E-state index in [1.165, 1.54) is 0 Å². The van der Waals surface area contributed by atoms with Crippen molar-refractivity contribution >= 4 is 26.7 Å². The molecule has 29 heavy (non-hydrogen) atoms. The first kappa shape index (κ1) is 19.9. The van der Waals surface area contributed by atoms with E-state index in [0.717, 1.165) is 23.3 Å². The fraction of sp³-hybridized carbons (Fsp3) is 0.409. The molecule has 0 radical (unpaired) electrons. The Morgan fingerprint density at radius 1 is 1.28 bits per heavy atom. The number of carbonyl (C=O) groups is 1. The first-order chi connectivity index (χ1) is 13.6. The minimum absolute atomic E-state index is 0.0995. The van der Waals surface area contributed by atoms with Gasteiger partial charge >= 0.3 is 0 Å². The second-order valence-electron chi connectivity index (χ2n) is 8.89. The lowest BCUT2D eigenvalue weighted by atomic mass is 9.76. The first-order valence-electron chi connectivity index (χ1n) is 9.79. The molecule has 1 aromatic carbocycles. The minimum Gasteiger partial charge on any atom is -0.469 e. The third-order valence-corrected chi connectivity index (χ3v) is 7.21. The van der Waals surface area contributed by atoms with Crippen molar-refractivity contribution in [1.29, 1.82) is 0 Å². The second-order valence-corrected chi connectivity index (χ2v) is 10.6. The molecule has 0 spiro atoms. The molecule has 1 atom stereocenters. The smallest absolute Gasteiger partial charge is 0.241 e. The number of aryl methyl sites for hydroxylation is 1. The van der Waals surface area contributed by atoms with Crippen LogP contribution in [0.4, 0.5) is 0 Å². The molecule has 0 bridgehead atoms. The number of aromatic amines is 1. The van der Waals surface area contributed by atoms with Crippen molar-refractivity contribution in [2.75, 3.05) is 0 Å². The summed E-state index contributed by atoms with van der Waals surface area (Å²) in [7, 11) is -3.72. The molecule has 7 heteroatoms. The van der Waals surface area contributed by atoms with Gasteiger partial charge in [-0.1, -0.05) is 13.8 Å². The maximum absolute atomic E-state index is 13.0. The highest BCUT2D eigenvalue weighted by Crippen LogP contribution is 2.39. The second kappa shape index (κ2) is 6.85. The molecule has 2 heterocycles. The van der Waals surface area contributed by atoms with Gasteiger partial charge in [-0.25, -0.2) is 13.1 Å². The van der Waals surface area contributed by atoms with Crippen molar-refractivity contribution in [2.45, 2.75) is 57.9 Å². The highest BCUT2D eigenvalue weighted by atomic mass is 32.2. The zero-order valence-corrected chi connectivity index (χ0v) is 17.9. The van der Waals surface area contributed by atoms with Gasteiger partial charge in [-0.05, 0) is 55.5 Å². The number of nitrogens with one attached hydrogen (secondary N) is 2. The molecular weight excluding hydrogens is 388 g/mol. The van der Waals surface area contributed by atoms with Crippen molar-refractivity contribution in [3.8, 4) is 0 Å². The fourth-order valence-corrected chi connectivity index (χ4v) is 5.79. The SMILES string of the molecule is Cc1cc2c3c([nH]c2cc1S(=O)(=O)NC(C)Cc1ccco1)CC(C)(C)CC3=O. The summed E-state index contributed by atoms with van der Waals surface area (Å²) >= 11 is 0. The Hall–Kier alpha value is -2.38. The number of hydrogen-bond acceptors (Lipinski definition) is 4. The molecule has 2 N–H and O–H groups in total. The Balaban J connectivity index is 1.69. The summed E-state index contributed by atoms with van der Waals surface area (Å²) in [5.74, 6) is 0.841. The number of ketones is 1. The zero-order chi connectivity index (χ0) is 21.0. The molecular formula is C22H26N2O4S. The lowest BCUT2D eigenvalue weighted by molar-refractivity contribution is 0.0913. The maximum atomic E-state index is 13.0. The van der Waals surface area contributed by atoms with Crippen molar-refractivity contribution in [2.24, 2.45) is 5.41 Å². The highest BCUT2D eigenvalue weighted by molar-refractivity contribution is 7.89. The monoisotopic (exact) mass is 414 g/mol. The van der Waals surface area contributed by atoms with Crippen LogP contribution in [-0.2, 0) is 22.9 Å². The molecule has 1 unspecified atom stereocenters. The molecule has 2 aromatic heterocycles. The Kier molecular flexibility index (Phi) is 4.70. The van der Waals surface area contributed by atoms with Crippen LogP contribution >= 0.6 is 0 Å². The molecule has 154 valence electrons. The van der Waals surface area contributed by atoms with Crippen LogP contribution in [0.5, 0.6) is 0 Å². The minimum atomic E-state index is -3.72. The number of furan rings is 1. The summed E-state index contributed by atoms with van der Waals surface area (Å²) in [6.07, 6.45) is 3.30. The number of Topliss-reactive ketones (excluding diaryl/α,β-unsaturated/α-hetero) is 1. The molecule has 0 saturated carbocycles. The van der Waals surface area contributed by atoms with E-state index >= 15 is 0 Å². The predicted molar refractivity (Wildman–Crippen MR) is 112 cm³/mol. The summed E-state index contributed by atoms with van der Waals surface area (Å²) in [6, 6.07) is 6.74. The topological polar surface area (TPSA) is 92.2 Å². The molecule has 0 amide bonds. The van der Waals surface area contributed by atoms with Crippen molar-refractivity contribution < 1.29 is 17.6 Å². The van der Waals surface area contributed by atoms with Crippen LogP contribution in [0.15, 0.2) is 39.8 Å². The molecule has 0 fully saturated rings. The molecule has 4 rings (SSSR count). The molecule has 0 saturated heterocycles. The van der Waals surface area contributed by atoms with Gasteiger partial charge < -0.3 is 9.40 Å². The van der Waals surface area contributed by atoms with Crippen LogP contribution in [0.25, 0.3) is 10.9 Å². The Morgan fingerprint density at radius 3 is 2.72 bits per heavy atom. The van der Waals surface area contributed by atoms with Gasteiger partial charge in [-0.15, -0.1) is 0 Å². The number of aromatic nitrogens is 1. The Bertz CT molecular complexity index is 1190. The Labute approximate surface area is 170 Å². The van der Waals surface area contributed by atoms with Gasteiger partial charge in [0, 0.05) is 41.0 Å². The molecule has 1 aliphatic rings. The van der Waals surface area contributed by atoms with E-state index < -0.39 is 10.0 Å². The molecule has 3 aromatic rings. The summed E-state index contributed by atoms with van der Waals surface area (Å²) in [5.41, 5.74) is 2.82. The number of fused-ring (bicyclic) bond motifs is 3. The van der Waals surface area contributed by atoms with Crippen molar-refractivity contribution in [3.05, 3.63) is 53.1 Å². The van der Waals surface area contributed by atoms with Gasteiger partial charge in [0.15, 0.2) is 5.78 Å². The van der Waals surface area contributed by atoms with Gasteiger partial charge in [0.2, 0.25) is 10.0 Å². The number of rotatable bonds is 5. The molecule has 6 nitrogen and oxygen atoms in total. The predicted octanol–water partition coefficient (Wildman–Crippen LogP) is 4.13. The van der Waals surface area contributed by atoms with E-state index in [2.05, 4.69) is 23.6 Å². The Morgan fingerprint density at radius 2 is 2.03 bits per heavy atom. The maximum Gasteiger partial charge on any atom is 0.241 e. The fourth-order valence-electron chi connectivity index (χ4n) is 4.29. The van der Waals surface area contributed by atoms with Gasteiger partial charge in [-0.3, -0.25) is 4.79 Å². The van der Waals surface area contributed by atoms with E-state index in [0.29, 0.717) is 29.5 Å². The van der Waals surface area contributed by atoms with Crippen LogP contribution in [0, 0.1) is 12.3 Å². The first-order valence-corrected chi connectivity index (χ1v) is 11.3. The zero-order valence-electron chi connectivity index (χ0n) is 17.1. The average molecular weight is 415 g/mol. The summed E-state index contributed by atoms with van der Waals surface area (Å²) in [5, 5.41) is 0.806.